The van der Waals surface area contributed by atoms with Gasteiger partial charge in [-0.15, -0.1) is 0 Å². The fourth-order valence-corrected chi connectivity index (χ4v) is 6.29. The summed E-state index contributed by atoms with van der Waals surface area (Å²) >= 11 is 0. The highest BCUT2D eigenvalue weighted by Gasteiger charge is 2.59. The molecule has 0 heterocycles. The topological polar surface area (TPSA) is 66.5 Å². The maximum absolute atomic E-state index is 10.3. The molecule has 3 heteroatoms. The van der Waals surface area contributed by atoms with Crippen molar-refractivity contribution in [2.75, 3.05) is 0 Å². The molecule has 3 nitrogen and oxygen atoms in total. The van der Waals surface area contributed by atoms with E-state index in [9.17, 15) is 10.2 Å². The molecule has 2 saturated carbocycles. The standard InChI is InChI=1S/C19H29NO2/c1-18-7-5-12(21)9-11(18)3-4-13-14(18)6-8-19(2)15(13)10-16(22)17(19)20/h3,5,7,12-17,21-22H,4,6,8-10,20H2,1-2H3/t12?,13-,14-,15+,16?,17?,18+,19+/m1/s1. The van der Waals surface area contributed by atoms with Crippen molar-refractivity contribution in [1.29, 1.82) is 0 Å². The van der Waals surface area contributed by atoms with Gasteiger partial charge in [0.05, 0.1) is 12.2 Å². The van der Waals surface area contributed by atoms with Crippen LogP contribution >= 0.6 is 0 Å². The van der Waals surface area contributed by atoms with Crippen molar-refractivity contribution in [1.82, 2.24) is 0 Å². The van der Waals surface area contributed by atoms with Crippen molar-refractivity contribution < 1.29 is 10.2 Å². The first-order valence-corrected chi connectivity index (χ1v) is 8.87. The third-order valence-corrected chi connectivity index (χ3v) is 7.74. The molecule has 4 rings (SSSR count). The first kappa shape index (κ1) is 14.9. The van der Waals surface area contributed by atoms with E-state index in [0.717, 1.165) is 25.7 Å². The summed E-state index contributed by atoms with van der Waals surface area (Å²) in [6.07, 6.45) is 11.0. The minimum atomic E-state index is -0.337. The van der Waals surface area contributed by atoms with Crippen LogP contribution in [0.1, 0.15) is 46.0 Å². The van der Waals surface area contributed by atoms with Gasteiger partial charge in [-0.05, 0) is 55.3 Å². The van der Waals surface area contributed by atoms with E-state index in [4.69, 9.17) is 5.73 Å². The van der Waals surface area contributed by atoms with Crippen LogP contribution in [-0.4, -0.2) is 28.5 Å². The lowest BCUT2D eigenvalue weighted by Gasteiger charge is -2.56. The molecular formula is C19H29NO2. The van der Waals surface area contributed by atoms with Gasteiger partial charge in [0, 0.05) is 11.5 Å². The predicted molar refractivity (Wildman–Crippen MR) is 87.0 cm³/mol. The Kier molecular flexibility index (Phi) is 3.18. The number of rotatable bonds is 0. The van der Waals surface area contributed by atoms with Crippen LogP contribution in [0.3, 0.4) is 0 Å². The summed E-state index contributed by atoms with van der Waals surface area (Å²) in [6.45, 7) is 4.66. The first-order valence-electron chi connectivity index (χ1n) is 8.87. The second kappa shape index (κ2) is 4.68. The van der Waals surface area contributed by atoms with Crippen LogP contribution in [0.2, 0.25) is 0 Å². The summed E-state index contributed by atoms with van der Waals surface area (Å²) in [6, 6.07) is -0.0691. The van der Waals surface area contributed by atoms with Gasteiger partial charge >= 0.3 is 0 Å². The molecule has 0 saturated heterocycles. The third kappa shape index (κ3) is 1.79. The van der Waals surface area contributed by atoms with Gasteiger partial charge in [-0.25, -0.2) is 0 Å². The molecule has 3 unspecified atom stereocenters. The molecule has 4 aliphatic carbocycles. The Labute approximate surface area is 133 Å². The lowest BCUT2D eigenvalue weighted by Crippen LogP contribution is -2.52. The molecule has 2 fully saturated rings. The highest BCUT2D eigenvalue weighted by Crippen LogP contribution is 2.63. The molecular weight excluding hydrogens is 274 g/mol. The third-order valence-electron chi connectivity index (χ3n) is 7.74. The van der Waals surface area contributed by atoms with E-state index >= 15 is 0 Å². The molecule has 122 valence electrons. The Morgan fingerprint density at radius 2 is 2.00 bits per heavy atom. The zero-order valence-electron chi connectivity index (χ0n) is 13.7. The van der Waals surface area contributed by atoms with Gasteiger partial charge in [-0.2, -0.15) is 0 Å². The minimum absolute atomic E-state index is 0.0691. The molecule has 0 aromatic rings. The van der Waals surface area contributed by atoms with Crippen molar-refractivity contribution in [3.05, 3.63) is 23.8 Å². The average molecular weight is 303 g/mol. The van der Waals surface area contributed by atoms with Crippen molar-refractivity contribution in [3.8, 4) is 0 Å². The zero-order valence-corrected chi connectivity index (χ0v) is 13.7. The molecule has 4 N–H and O–H groups in total. The number of fused-ring (bicyclic) bond motifs is 5. The number of nitrogens with two attached hydrogens (primary N) is 1. The zero-order chi connectivity index (χ0) is 15.7. The van der Waals surface area contributed by atoms with Crippen LogP contribution < -0.4 is 5.73 Å². The molecule has 0 bridgehead atoms. The van der Waals surface area contributed by atoms with Gasteiger partial charge in [0.25, 0.3) is 0 Å². The Morgan fingerprint density at radius 3 is 2.77 bits per heavy atom. The van der Waals surface area contributed by atoms with Crippen LogP contribution in [0.4, 0.5) is 0 Å². The second-order valence-corrected chi connectivity index (χ2v) is 8.63. The van der Waals surface area contributed by atoms with Gasteiger partial charge in [-0.1, -0.05) is 37.6 Å². The van der Waals surface area contributed by atoms with Gasteiger partial charge in [-0.3, -0.25) is 0 Å². The summed E-state index contributed by atoms with van der Waals surface area (Å²) in [5.74, 6) is 1.79. The SMILES string of the molecule is C[C@]12C=CC(O)CC1=CC[C@@H]1[C@H]2CC[C@]2(C)C(N)C(O)C[C@@H]12. The van der Waals surface area contributed by atoms with E-state index in [2.05, 4.69) is 26.0 Å². The monoisotopic (exact) mass is 303 g/mol. The number of hydrogen-bond donors (Lipinski definition) is 3. The summed E-state index contributed by atoms with van der Waals surface area (Å²) in [4.78, 5) is 0. The minimum Gasteiger partial charge on any atom is -0.391 e. The molecule has 4 aliphatic rings. The molecule has 8 atom stereocenters. The molecule has 22 heavy (non-hydrogen) atoms. The molecule has 0 radical (unpaired) electrons. The molecule has 0 aliphatic heterocycles. The second-order valence-electron chi connectivity index (χ2n) is 8.63. The summed E-state index contributed by atoms with van der Waals surface area (Å²) < 4.78 is 0. The molecule has 0 aromatic heterocycles. The maximum atomic E-state index is 10.3. The first-order chi connectivity index (χ1) is 10.4. The van der Waals surface area contributed by atoms with E-state index in [-0.39, 0.29) is 29.1 Å². The average Bonchev–Trinajstić information content (AvgIpc) is 2.72. The van der Waals surface area contributed by atoms with E-state index in [1.807, 2.05) is 6.08 Å². The van der Waals surface area contributed by atoms with E-state index < -0.39 is 0 Å². The Bertz CT molecular complexity index is 542. The quantitative estimate of drug-likeness (QED) is 0.602. The van der Waals surface area contributed by atoms with Crippen LogP contribution in [0.25, 0.3) is 0 Å². The fourth-order valence-electron chi connectivity index (χ4n) is 6.29. The number of allylic oxidation sites excluding steroid dienone is 2. The molecule has 0 aromatic carbocycles. The summed E-state index contributed by atoms with van der Waals surface area (Å²) in [5.41, 5.74) is 7.98. The van der Waals surface area contributed by atoms with Crippen LogP contribution in [-0.2, 0) is 0 Å². The normalized spacial score (nSPS) is 56.9. The van der Waals surface area contributed by atoms with Gasteiger partial charge in [0.2, 0.25) is 0 Å². The Balaban J connectivity index is 1.71. The van der Waals surface area contributed by atoms with Crippen molar-refractivity contribution in [3.63, 3.8) is 0 Å². The fraction of sp³-hybridized carbons (Fsp3) is 0.789. The highest BCUT2D eigenvalue weighted by atomic mass is 16.3. The largest absolute Gasteiger partial charge is 0.391 e. The number of hydrogen-bond acceptors (Lipinski definition) is 3. The number of aliphatic hydroxyl groups excluding tert-OH is 2. The molecule has 0 amide bonds. The molecule has 0 spiro atoms. The van der Waals surface area contributed by atoms with Crippen LogP contribution in [0.5, 0.6) is 0 Å². The maximum Gasteiger partial charge on any atom is 0.0758 e. The van der Waals surface area contributed by atoms with Crippen molar-refractivity contribution in [2.45, 2.75) is 64.2 Å². The predicted octanol–water partition coefficient (Wildman–Crippen LogP) is 2.38. The lowest BCUT2D eigenvalue weighted by atomic mass is 9.49. The van der Waals surface area contributed by atoms with Crippen LogP contribution in [0, 0.1) is 28.6 Å². The summed E-state index contributed by atoms with van der Waals surface area (Å²) in [7, 11) is 0. The Morgan fingerprint density at radius 1 is 1.23 bits per heavy atom. The number of aliphatic hydroxyl groups is 2. The van der Waals surface area contributed by atoms with Gasteiger partial charge in [0.1, 0.15) is 0 Å². The van der Waals surface area contributed by atoms with E-state index in [1.54, 1.807) is 0 Å². The Hall–Kier alpha value is -0.640. The van der Waals surface area contributed by atoms with E-state index in [0.29, 0.717) is 17.8 Å². The van der Waals surface area contributed by atoms with Crippen LogP contribution in [0.15, 0.2) is 23.8 Å². The smallest absolute Gasteiger partial charge is 0.0758 e. The van der Waals surface area contributed by atoms with Gasteiger partial charge in [0.15, 0.2) is 0 Å². The highest BCUT2D eigenvalue weighted by molar-refractivity contribution is 5.33. The van der Waals surface area contributed by atoms with Gasteiger partial charge < -0.3 is 15.9 Å². The van der Waals surface area contributed by atoms with E-state index in [1.165, 1.54) is 12.0 Å². The summed E-state index contributed by atoms with van der Waals surface area (Å²) in [5, 5.41) is 20.3. The lowest BCUT2D eigenvalue weighted by molar-refractivity contribution is -0.0117. The van der Waals surface area contributed by atoms with Crippen molar-refractivity contribution in [2.24, 2.45) is 34.3 Å². The van der Waals surface area contributed by atoms with Crippen molar-refractivity contribution >= 4 is 0 Å².